The number of hydrogen-bond acceptors (Lipinski definition) is 7. The number of para-hydroxylation sites is 1. The molecular weight excluding hydrogens is 404 g/mol. The second-order valence-electron chi connectivity index (χ2n) is 7.01. The van der Waals surface area contributed by atoms with Crippen molar-refractivity contribution in [1.82, 2.24) is 9.88 Å². The number of carbonyl (C=O) groups excluding carboxylic acids is 3. The average Bonchev–Trinajstić information content (AvgIpc) is 2.78. The maximum atomic E-state index is 12.4. The Bertz CT molecular complexity index is 932. The molecule has 4 rings (SSSR count). The Morgan fingerprint density at radius 3 is 2.63 bits per heavy atom. The molecule has 1 fully saturated rings. The summed E-state index contributed by atoms with van der Waals surface area (Å²) < 4.78 is 5.16. The molecule has 0 unspecified atom stereocenters. The molecule has 0 aliphatic carbocycles. The number of fused-ring (bicyclic) bond motifs is 1. The van der Waals surface area contributed by atoms with E-state index < -0.39 is 11.2 Å². The molecule has 2 aliphatic heterocycles. The normalized spacial score (nSPS) is 18.4. The van der Waals surface area contributed by atoms with Crippen molar-refractivity contribution in [2.24, 2.45) is 0 Å². The summed E-state index contributed by atoms with van der Waals surface area (Å²) >= 11 is 1.33. The minimum atomic E-state index is -0.565. The van der Waals surface area contributed by atoms with Crippen LogP contribution in [0.2, 0.25) is 0 Å². The van der Waals surface area contributed by atoms with Crippen molar-refractivity contribution in [1.29, 1.82) is 0 Å². The van der Waals surface area contributed by atoms with Crippen LogP contribution in [0, 0.1) is 0 Å². The van der Waals surface area contributed by atoms with Gasteiger partial charge < -0.3 is 19.9 Å². The Balaban J connectivity index is 1.22. The number of pyridine rings is 1. The van der Waals surface area contributed by atoms with E-state index >= 15 is 0 Å². The van der Waals surface area contributed by atoms with E-state index in [1.54, 1.807) is 11.1 Å². The number of nitrogens with zero attached hydrogens (tertiary/aromatic N) is 3. The number of benzene rings is 1. The predicted molar refractivity (Wildman–Crippen MR) is 113 cm³/mol. The van der Waals surface area contributed by atoms with Gasteiger partial charge in [-0.3, -0.25) is 14.4 Å². The summed E-state index contributed by atoms with van der Waals surface area (Å²) in [5.41, 5.74) is 0.747. The molecule has 0 bridgehead atoms. The number of ether oxygens (including phenoxy) is 1. The number of hydrogen-bond donors (Lipinski definition) is 1. The predicted octanol–water partition coefficient (Wildman–Crippen LogP) is 1.78. The number of rotatable bonds is 5. The largest absolute Gasteiger partial charge is 0.456 e. The highest BCUT2D eigenvalue weighted by molar-refractivity contribution is 8.01. The van der Waals surface area contributed by atoms with Crippen LogP contribution in [-0.2, 0) is 19.1 Å². The third-order valence-corrected chi connectivity index (χ3v) is 6.30. The molecule has 156 valence electrons. The van der Waals surface area contributed by atoms with Crippen LogP contribution in [-0.4, -0.2) is 65.7 Å². The highest BCUT2D eigenvalue weighted by Crippen LogP contribution is 2.36. The van der Waals surface area contributed by atoms with E-state index in [0.29, 0.717) is 26.2 Å². The molecule has 8 nitrogen and oxygen atoms in total. The number of thioether (sulfide) groups is 1. The molecule has 2 aromatic rings. The van der Waals surface area contributed by atoms with Gasteiger partial charge in [-0.05, 0) is 24.3 Å². The first kappa shape index (κ1) is 20.2. The molecule has 0 radical (unpaired) electrons. The Labute approximate surface area is 178 Å². The third kappa shape index (κ3) is 4.73. The smallest absolute Gasteiger partial charge is 0.307 e. The zero-order valence-electron chi connectivity index (χ0n) is 16.3. The maximum Gasteiger partial charge on any atom is 0.307 e. The first-order valence-electron chi connectivity index (χ1n) is 9.76. The Hall–Kier alpha value is -3.07. The van der Waals surface area contributed by atoms with Crippen LogP contribution in [0.15, 0.2) is 53.6 Å². The van der Waals surface area contributed by atoms with Crippen LogP contribution in [0.5, 0.6) is 0 Å². The first-order valence-corrected chi connectivity index (χ1v) is 10.6. The SMILES string of the molecule is O=C(C[C@H]1Sc2ccccc2NC1=O)OCC(=O)N1CCN(c2ccccn2)CC1. The zero-order chi connectivity index (χ0) is 20.9. The third-order valence-electron chi connectivity index (χ3n) is 5.02. The van der Waals surface area contributed by atoms with Gasteiger partial charge in [0.1, 0.15) is 5.82 Å². The molecule has 2 aliphatic rings. The maximum absolute atomic E-state index is 12.4. The molecule has 1 N–H and O–H groups in total. The van der Waals surface area contributed by atoms with Gasteiger partial charge >= 0.3 is 5.97 Å². The Morgan fingerprint density at radius 1 is 1.10 bits per heavy atom. The molecule has 1 saturated heterocycles. The van der Waals surface area contributed by atoms with Gasteiger partial charge in [-0.25, -0.2) is 4.98 Å². The number of anilines is 2. The topological polar surface area (TPSA) is 91.8 Å². The van der Waals surface area contributed by atoms with E-state index in [2.05, 4.69) is 15.2 Å². The van der Waals surface area contributed by atoms with Crippen molar-refractivity contribution in [2.75, 3.05) is 43.0 Å². The van der Waals surface area contributed by atoms with Crippen LogP contribution in [0.4, 0.5) is 11.5 Å². The van der Waals surface area contributed by atoms with E-state index in [1.165, 1.54) is 11.8 Å². The van der Waals surface area contributed by atoms with Crippen LogP contribution in [0.3, 0.4) is 0 Å². The zero-order valence-corrected chi connectivity index (χ0v) is 17.1. The fourth-order valence-corrected chi connectivity index (χ4v) is 4.49. The average molecular weight is 426 g/mol. The van der Waals surface area contributed by atoms with E-state index in [9.17, 15) is 14.4 Å². The number of amides is 2. The number of esters is 1. The summed E-state index contributed by atoms with van der Waals surface area (Å²) in [6.07, 6.45) is 1.67. The van der Waals surface area contributed by atoms with Gasteiger partial charge in [0.25, 0.3) is 5.91 Å². The van der Waals surface area contributed by atoms with Crippen molar-refractivity contribution < 1.29 is 19.1 Å². The van der Waals surface area contributed by atoms with Crippen molar-refractivity contribution in [3.8, 4) is 0 Å². The summed E-state index contributed by atoms with van der Waals surface area (Å²) in [4.78, 5) is 45.8. The first-order chi connectivity index (χ1) is 14.6. The van der Waals surface area contributed by atoms with Crippen LogP contribution < -0.4 is 10.2 Å². The van der Waals surface area contributed by atoms with Gasteiger partial charge in [0, 0.05) is 37.3 Å². The molecule has 3 heterocycles. The fraction of sp³-hybridized carbons (Fsp3) is 0.333. The van der Waals surface area contributed by atoms with E-state index in [0.717, 1.165) is 16.4 Å². The second kappa shape index (κ2) is 9.17. The van der Waals surface area contributed by atoms with Crippen LogP contribution in [0.1, 0.15) is 6.42 Å². The molecule has 0 saturated carbocycles. The molecule has 30 heavy (non-hydrogen) atoms. The highest BCUT2D eigenvalue weighted by atomic mass is 32.2. The van der Waals surface area contributed by atoms with Crippen LogP contribution in [0.25, 0.3) is 0 Å². The van der Waals surface area contributed by atoms with Crippen molar-refractivity contribution in [2.45, 2.75) is 16.6 Å². The second-order valence-corrected chi connectivity index (χ2v) is 8.26. The quantitative estimate of drug-likeness (QED) is 0.729. The molecule has 1 aromatic carbocycles. The molecular formula is C21H22N4O4S. The Morgan fingerprint density at radius 2 is 1.87 bits per heavy atom. The molecule has 2 amide bonds. The summed E-state index contributed by atoms with van der Waals surface area (Å²) in [7, 11) is 0. The standard InChI is InChI=1S/C21H22N4O4S/c26-19(25-11-9-24(10-12-25)18-7-3-4-8-22-18)14-29-20(27)13-17-21(28)23-15-5-1-2-6-16(15)30-17/h1-8,17H,9-14H2,(H,23,28)/t17-/m1/s1. The van der Waals surface area contributed by atoms with Crippen molar-refractivity contribution in [3.05, 3.63) is 48.7 Å². The summed E-state index contributed by atoms with van der Waals surface area (Å²) in [6.45, 7) is 2.14. The summed E-state index contributed by atoms with van der Waals surface area (Å²) in [6, 6.07) is 13.2. The molecule has 9 heteroatoms. The molecule has 1 atom stereocenters. The minimum Gasteiger partial charge on any atom is -0.456 e. The lowest BCUT2D eigenvalue weighted by Crippen LogP contribution is -2.50. The van der Waals surface area contributed by atoms with E-state index in [1.807, 2.05) is 42.5 Å². The fourth-order valence-electron chi connectivity index (χ4n) is 3.40. The highest BCUT2D eigenvalue weighted by Gasteiger charge is 2.30. The summed E-state index contributed by atoms with van der Waals surface area (Å²) in [5, 5.41) is 2.23. The minimum absolute atomic E-state index is 0.0778. The van der Waals surface area contributed by atoms with Gasteiger partial charge in [0.05, 0.1) is 17.4 Å². The van der Waals surface area contributed by atoms with E-state index in [-0.39, 0.29) is 24.8 Å². The van der Waals surface area contributed by atoms with Gasteiger partial charge in [-0.2, -0.15) is 0 Å². The Kier molecular flexibility index (Phi) is 6.18. The number of nitrogens with one attached hydrogen (secondary N) is 1. The molecule has 1 aromatic heterocycles. The van der Waals surface area contributed by atoms with Crippen LogP contribution >= 0.6 is 11.8 Å². The van der Waals surface area contributed by atoms with Gasteiger partial charge in [0.2, 0.25) is 5.91 Å². The number of carbonyl (C=O) groups is 3. The molecule has 0 spiro atoms. The van der Waals surface area contributed by atoms with Crippen molar-refractivity contribution in [3.63, 3.8) is 0 Å². The van der Waals surface area contributed by atoms with Gasteiger partial charge in [-0.1, -0.05) is 18.2 Å². The van der Waals surface area contributed by atoms with Gasteiger partial charge in [0.15, 0.2) is 6.61 Å². The van der Waals surface area contributed by atoms with E-state index in [4.69, 9.17) is 4.74 Å². The number of aromatic nitrogens is 1. The summed E-state index contributed by atoms with van der Waals surface area (Å²) in [5.74, 6) is -0.119. The lowest BCUT2D eigenvalue weighted by Gasteiger charge is -2.35. The lowest BCUT2D eigenvalue weighted by atomic mass is 10.2. The van der Waals surface area contributed by atoms with Gasteiger partial charge in [-0.15, -0.1) is 11.8 Å². The lowest BCUT2D eigenvalue weighted by molar-refractivity contribution is -0.152. The van der Waals surface area contributed by atoms with Crippen molar-refractivity contribution >= 4 is 41.1 Å². The monoisotopic (exact) mass is 426 g/mol. The number of piperazine rings is 1.